The van der Waals surface area contributed by atoms with E-state index in [-0.39, 0.29) is 11.5 Å². The van der Waals surface area contributed by atoms with Gasteiger partial charge in [-0.25, -0.2) is 4.98 Å². The first-order valence-electron chi connectivity index (χ1n) is 14.3. The minimum atomic E-state index is -1.20. The summed E-state index contributed by atoms with van der Waals surface area (Å²) < 4.78 is 16.2. The summed E-state index contributed by atoms with van der Waals surface area (Å²) in [5.74, 6) is -0.400. The highest BCUT2D eigenvalue weighted by Gasteiger charge is 2.53. The highest BCUT2D eigenvalue weighted by Crippen LogP contribution is 2.47. The maximum atomic E-state index is 12.1. The molecule has 9 nitrogen and oxygen atoms in total. The fourth-order valence-corrected chi connectivity index (χ4v) is 7.19. The molecule has 5 heterocycles. The van der Waals surface area contributed by atoms with Crippen molar-refractivity contribution in [2.45, 2.75) is 58.3 Å². The van der Waals surface area contributed by atoms with E-state index in [2.05, 4.69) is 64.0 Å². The molecule has 2 fully saturated rings. The SMILES string of the molecule is C[C@@H]1OCC2(CCN(c3nc4c(c(-c5ccccc5)cn4COCC[Si](C)(C)C)c4nccn34)CC2)[C@@H]1C(=O)O. The van der Waals surface area contributed by atoms with Gasteiger partial charge in [0, 0.05) is 57.3 Å². The van der Waals surface area contributed by atoms with E-state index >= 15 is 0 Å². The summed E-state index contributed by atoms with van der Waals surface area (Å²) in [6, 6.07) is 11.5. The lowest BCUT2D eigenvalue weighted by Gasteiger charge is -2.41. The van der Waals surface area contributed by atoms with Crippen LogP contribution in [0.15, 0.2) is 48.9 Å². The van der Waals surface area contributed by atoms with Crippen LogP contribution in [0.1, 0.15) is 19.8 Å². The number of hydrogen-bond donors (Lipinski definition) is 1. The van der Waals surface area contributed by atoms with E-state index in [0.29, 0.717) is 26.4 Å². The zero-order valence-corrected chi connectivity index (χ0v) is 24.8. The van der Waals surface area contributed by atoms with Crippen LogP contribution in [0.4, 0.5) is 5.95 Å². The van der Waals surface area contributed by atoms with Gasteiger partial charge in [-0.3, -0.25) is 9.20 Å². The molecule has 2 atom stereocenters. The molecular formula is C30H39N5O4Si. The van der Waals surface area contributed by atoms with Crippen molar-refractivity contribution in [3.8, 4) is 11.1 Å². The Labute approximate surface area is 235 Å². The number of aromatic nitrogens is 4. The molecule has 2 aliphatic heterocycles. The van der Waals surface area contributed by atoms with Gasteiger partial charge in [0.2, 0.25) is 5.95 Å². The first-order chi connectivity index (χ1) is 19.2. The molecule has 0 unspecified atom stereocenters. The summed E-state index contributed by atoms with van der Waals surface area (Å²) in [5.41, 5.74) is 3.58. The highest BCUT2D eigenvalue weighted by molar-refractivity contribution is 6.76. The van der Waals surface area contributed by atoms with Crippen molar-refractivity contribution in [3.63, 3.8) is 0 Å². The number of carboxylic acid groups (broad SMARTS) is 1. The van der Waals surface area contributed by atoms with Gasteiger partial charge in [0.25, 0.3) is 0 Å². The van der Waals surface area contributed by atoms with Gasteiger partial charge in [-0.15, -0.1) is 0 Å². The predicted octanol–water partition coefficient (Wildman–Crippen LogP) is 5.37. The number of imidazole rings is 1. The van der Waals surface area contributed by atoms with Gasteiger partial charge < -0.3 is 24.0 Å². The Balaban J connectivity index is 1.37. The maximum Gasteiger partial charge on any atom is 0.309 e. The number of nitrogens with zero attached hydrogens (tertiary/aromatic N) is 5. The number of anilines is 1. The fraction of sp³-hybridized carbons (Fsp3) is 0.500. The molecule has 212 valence electrons. The van der Waals surface area contributed by atoms with Crippen LogP contribution in [0.2, 0.25) is 25.7 Å². The molecule has 3 aromatic heterocycles. The molecule has 2 aliphatic rings. The molecular weight excluding hydrogens is 522 g/mol. The van der Waals surface area contributed by atoms with Crippen molar-refractivity contribution in [2.24, 2.45) is 11.3 Å². The summed E-state index contributed by atoms with van der Waals surface area (Å²) >= 11 is 0. The van der Waals surface area contributed by atoms with Crippen molar-refractivity contribution in [2.75, 3.05) is 31.2 Å². The van der Waals surface area contributed by atoms with Crippen molar-refractivity contribution >= 4 is 36.7 Å². The number of aliphatic carboxylic acids is 1. The number of rotatable bonds is 8. The van der Waals surface area contributed by atoms with Crippen LogP contribution in [-0.4, -0.2) is 70.5 Å². The molecule has 6 rings (SSSR count). The lowest BCUT2D eigenvalue weighted by atomic mass is 9.69. The molecule has 1 N–H and O–H groups in total. The summed E-state index contributed by atoms with van der Waals surface area (Å²) in [7, 11) is -1.20. The van der Waals surface area contributed by atoms with Gasteiger partial charge in [0.1, 0.15) is 12.4 Å². The van der Waals surface area contributed by atoms with Gasteiger partial charge in [0.05, 0.1) is 24.0 Å². The lowest BCUT2D eigenvalue weighted by Crippen LogP contribution is -2.47. The highest BCUT2D eigenvalue weighted by atomic mass is 28.3. The monoisotopic (exact) mass is 561 g/mol. The topological polar surface area (TPSA) is 94.1 Å². The Hall–Kier alpha value is -3.21. The molecule has 0 saturated carbocycles. The van der Waals surface area contributed by atoms with Crippen LogP contribution in [0.25, 0.3) is 27.8 Å². The van der Waals surface area contributed by atoms with Crippen molar-refractivity contribution in [1.82, 2.24) is 18.9 Å². The zero-order chi connectivity index (χ0) is 28.1. The van der Waals surface area contributed by atoms with Crippen molar-refractivity contribution in [3.05, 3.63) is 48.9 Å². The molecule has 40 heavy (non-hydrogen) atoms. The number of piperidine rings is 1. The molecule has 0 radical (unpaired) electrons. The Kier molecular flexibility index (Phi) is 6.96. The molecule has 1 aromatic carbocycles. The molecule has 0 bridgehead atoms. The molecule has 2 saturated heterocycles. The van der Waals surface area contributed by atoms with E-state index in [1.807, 2.05) is 25.4 Å². The second kappa shape index (κ2) is 10.3. The predicted molar refractivity (Wildman–Crippen MR) is 158 cm³/mol. The molecule has 4 aromatic rings. The summed E-state index contributed by atoms with van der Waals surface area (Å²) in [4.78, 5) is 24.4. The van der Waals surface area contributed by atoms with Gasteiger partial charge in [-0.05, 0) is 31.4 Å². The van der Waals surface area contributed by atoms with E-state index in [9.17, 15) is 9.90 Å². The Bertz CT molecular complexity index is 1520. The van der Waals surface area contributed by atoms with Crippen LogP contribution in [0.5, 0.6) is 0 Å². The molecule has 10 heteroatoms. The van der Waals surface area contributed by atoms with Crippen LogP contribution >= 0.6 is 0 Å². The Morgan fingerprint density at radius 1 is 1.18 bits per heavy atom. The van der Waals surface area contributed by atoms with Gasteiger partial charge in [-0.1, -0.05) is 50.0 Å². The zero-order valence-electron chi connectivity index (χ0n) is 23.8. The average Bonchev–Trinajstić information content (AvgIpc) is 3.63. The minimum Gasteiger partial charge on any atom is -0.481 e. The van der Waals surface area contributed by atoms with E-state index in [1.54, 1.807) is 0 Å². The number of hydrogen-bond acceptors (Lipinski definition) is 6. The standard InChI is InChI=1S/C30H39N5O4Si/c1-21-25(28(36)37)30(19-39-21)10-13-33(14-11-30)29-32-27-24(26-31-12-15-35(26)29)23(22-8-6-5-7-9-22)18-34(27)20-38-16-17-40(2,3)4/h5-9,12,15,18,21,25H,10-11,13-14,16-17,19-20H2,1-4H3,(H,36,37)/t21-,25-/m0/s1. The van der Waals surface area contributed by atoms with E-state index in [0.717, 1.165) is 59.2 Å². The van der Waals surface area contributed by atoms with Gasteiger partial charge >= 0.3 is 5.97 Å². The van der Waals surface area contributed by atoms with Crippen molar-refractivity contribution < 1.29 is 19.4 Å². The van der Waals surface area contributed by atoms with Gasteiger partial charge in [-0.2, -0.15) is 4.98 Å². The number of benzene rings is 1. The smallest absolute Gasteiger partial charge is 0.309 e. The first-order valence-corrected chi connectivity index (χ1v) is 18.0. The fourth-order valence-electron chi connectivity index (χ4n) is 6.44. The second-order valence-electron chi connectivity index (χ2n) is 12.6. The summed E-state index contributed by atoms with van der Waals surface area (Å²) in [5, 5.41) is 11.0. The second-order valence-corrected chi connectivity index (χ2v) is 18.3. The summed E-state index contributed by atoms with van der Waals surface area (Å²) in [6.07, 6.45) is 7.17. The lowest BCUT2D eigenvalue weighted by molar-refractivity contribution is -0.146. The van der Waals surface area contributed by atoms with Crippen LogP contribution < -0.4 is 4.90 Å². The number of carboxylic acids is 1. The quantitative estimate of drug-likeness (QED) is 0.228. The Morgan fingerprint density at radius 2 is 1.93 bits per heavy atom. The largest absolute Gasteiger partial charge is 0.481 e. The molecule has 1 spiro atoms. The number of fused-ring (bicyclic) bond motifs is 3. The van der Waals surface area contributed by atoms with E-state index < -0.39 is 20.0 Å². The first kappa shape index (κ1) is 27.0. The van der Waals surface area contributed by atoms with E-state index in [1.165, 1.54) is 0 Å². The number of ether oxygens (including phenoxy) is 2. The number of carbonyl (C=O) groups is 1. The van der Waals surface area contributed by atoms with Crippen LogP contribution in [0.3, 0.4) is 0 Å². The van der Waals surface area contributed by atoms with Crippen LogP contribution in [0, 0.1) is 11.3 Å². The third kappa shape index (κ3) is 4.82. The molecule has 0 aliphatic carbocycles. The normalized spacial score (nSPS) is 21.1. The summed E-state index contributed by atoms with van der Waals surface area (Å²) in [6.45, 7) is 12.0. The average molecular weight is 562 g/mol. The molecule has 0 amide bonds. The van der Waals surface area contributed by atoms with Crippen LogP contribution in [-0.2, 0) is 21.0 Å². The van der Waals surface area contributed by atoms with E-state index in [4.69, 9.17) is 19.4 Å². The van der Waals surface area contributed by atoms with Gasteiger partial charge in [0.15, 0.2) is 5.65 Å². The maximum absolute atomic E-state index is 12.1. The van der Waals surface area contributed by atoms with Crippen molar-refractivity contribution in [1.29, 1.82) is 0 Å². The third-order valence-corrected chi connectivity index (χ3v) is 10.4. The third-order valence-electron chi connectivity index (χ3n) is 8.72. The minimum absolute atomic E-state index is 0.264. The Morgan fingerprint density at radius 3 is 2.62 bits per heavy atom.